The molecule has 9 heteroatoms. The summed E-state index contributed by atoms with van der Waals surface area (Å²) < 4.78 is 7.92. The van der Waals surface area contributed by atoms with E-state index >= 15 is 0 Å². The summed E-state index contributed by atoms with van der Waals surface area (Å²) in [6.45, 7) is 7.09. The van der Waals surface area contributed by atoms with Crippen molar-refractivity contribution in [3.8, 4) is 6.07 Å². The molecule has 1 amide bonds. The summed E-state index contributed by atoms with van der Waals surface area (Å²) in [7, 11) is 0. The normalized spacial score (nSPS) is 22.8. The average Bonchev–Trinajstić information content (AvgIpc) is 3.30. The highest BCUT2D eigenvalue weighted by atomic mass is 32.2. The number of carbonyl (C=O) groups excluding carboxylic acids is 1. The zero-order valence-corrected chi connectivity index (χ0v) is 20.9. The smallest absolute Gasteiger partial charge is 0.270 e. The van der Waals surface area contributed by atoms with Crippen LogP contribution in [0.3, 0.4) is 0 Å². The fourth-order valence-electron chi connectivity index (χ4n) is 4.84. The standard InChI is InChI=1S/C24H30N4O3S2/c1-3-27-21(26-10-6-4-5-7-11-26)18(16(2)19(14-25)22(27)29)13-20-23(30)28(24(32)33-20)15-17-9-8-12-31-17/h13,17H,3-12,15H2,1-2H3. The Bertz CT molecular complexity index is 1070. The Morgan fingerprint density at radius 2 is 1.94 bits per heavy atom. The highest BCUT2D eigenvalue weighted by molar-refractivity contribution is 8.26. The largest absolute Gasteiger partial charge is 0.376 e. The monoisotopic (exact) mass is 486 g/mol. The zero-order valence-electron chi connectivity index (χ0n) is 19.3. The molecular weight excluding hydrogens is 456 g/mol. The number of hydrogen-bond acceptors (Lipinski definition) is 7. The third-order valence-corrected chi connectivity index (χ3v) is 8.01. The van der Waals surface area contributed by atoms with Gasteiger partial charge in [0, 0.05) is 31.8 Å². The van der Waals surface area contributed by atoms with Crippen molar-refractivity contribution in [1.82, 2.24) is 9.47 Å². The van der Waals surface area contributed by atoms with Crippen LogP contribution in [0.15, 0.2) is 9.70 Å². The third kappa shape index (κ3) is 4.75. The minimum Gasteiger partial charge on any atom is -0.376 e. The van der Waals surface area contributed by atoms with Crippen LogP contribution in [0.1, 0.15) is 62.1 Å². The third-order valence-electron chi connectivity index (χ3n) is 6.63. The molecule has 0 spiro atoms. The first-order chi connectivity index (χ1) is 16.0. The first kappa shape index (κ1) is 24.0. The SMILES string of the molecule is CCn1c(N2CCCCCC2)c(C=C2SC(=S)N(CC3CCCO3)C2=O)c(C)c(C#N)c1=O. The van der Waals surface area contributed by atoms with Crippen molar-refractivity contribution < 1.29 is 9.53 Å². The summed E-state index contributed by atoms with van der Waals surface area (Å²) in [5, 5.41) is 9.73. The molecule has 3 aliphatic rings. The van der Waals surface area contributed by atoms with Gasteiger partial charge in [-0.25, -0.2) is 0 Å². The van der Waals surface area contributed by atoms with Crippen molar-refractivity contribution in [3.05, 3.63) is 31.9 Å². The predicted molar refractivity (Wildman–Crippen MR) is 135 cm³/mol. The van der Waals surface area contributed by atoms with Crippen molar-refractivity contribution in [2.45, 2.75) is 65.0 Å². The van der Waals surface area contributed by atoms with E-state index in [0.29, 0.717) is 27.9 Å². The molecule has 3 aliphatic heterocycles. The Morgan fingerprint density at radius 1 is 1.21 bits per heavy atom. The lowest BCUT2D eigenvalue weighted by atomic mass is 10.0. The van der Waals surface area contributed by atoms with Gasteiger partial charge in [0.25, 0.3) is 11.5 Å². The number of hydrogen-bond donors (Lipinski definition) is 0. The van der Waals surface area contributed by atoms with Crippen molar-refractivity contribution in [3.63, 3.8) is 0 Å². The fraction of sp³-hybridized carbons (Fsp3) is 0.583. The van der Waals surface area contributed by atoms with Crippen LogP contribution < -0.4 is 10.5 Å². The van der Waals surface area contributed by atoms with Gasteiger partial charge in [-0.15, -0.1) is 0 Å². The van der Waals surface area contributed by atoms with E-state index in [1.54, 1.807) is 16.4 Å². The molecule has 3 fully saturated rings. The van der Waals surface area contributed by atoms with Crippen LogP contribution in [0.25, 0.3) is 6.08 Å². The molecule has 4 heterocycles. The predicted octanol–water partition coefficient (Wildman–Crippen LogP) is 3.81. The summed E-state index contributed by atoms with van der Waals surface area (Å²) >= 11 is 6.81. The summed E-state index contributed by atoms with van der Waals surface area (Å²) in [6, 6.07) is 2.10. The van der Waals surface area contributed by atoms with E-state index in [-0.39, 0.29) is 23.1 Å². The lowest BCUT2D eigenvalue weighted by Crippen LogP contribution is -2.35. The molecule has 0 aliphatic carbocycles. The molecule has 1 unspecified atom stereocenters. The number of ether oxygens (including phenoxy) is 1. The second-order valence-electron chi connectivity index (χ2n) is 8.73. The summed E-state index contributed by atoms with van der Waals surface area (Å²) in [5.74, 6) is 0.680. The number of amides is 1. The Kier molecular flexibility index (Phi) is 7.57. The van der Waals surface area contributed by atoms with E-state index in [1.165, 1.54) is 24.6 Å². The lowest BCUT2D eigenvalue weighted by Gasteiger charge is -2.29. The fourth-order valence-corrected chi connectivity index (χ4v) is 6.10. The van der Waals surface area contributed by atoms with Gasteiger partial charge in [-0.1, -0.05) is 36.8 Å². The molecule has 4 rings (SSSR count). The maximum absolute atomic E-state index is 13.3. The molecule has 1 aromatic rings. The molecular formula is C24H30N4O3S2. The number of aromatic nitrogens is 1. The minimum atomic E-state index is -0.264. The Morgan fingerprint density at radius 3 is 2.55 bits per heavy atom. The maximum Gasteiger partial charge on any atom is 0.270 e. The number of thioether (sulfide) groups is 1. The van der Waals surface area contributed by atoms with Gasteiger partial charge in [0.2, 0.25) is 0 Å². The van der Waals surface area contributed by atoms with Crippen LogP contribution in [-0.4, -0.2) is 52.0 Å². The van der Waals surface area contributed by atoms with Crippen molar-refractivity contribution >= 4 is 46.1 Å². The first-order valence-corrected chi connectivity index (χ1v) is 13.0. The summed E-state index contributed by atoms with van der Waals surface area (Å²) in [4.78, 5) is 30.8. The molecule has 33 heavy (non-hydrogen) atoms. The van der Waals surface area contributed by atoms with Gasteiger partial charge in [-0.2, -0.15) is 5.26 Å². The molecule has 0 radical (unpaired) electrons. The number of thiocarbonyl (C=S) groups is 1. The van der Waals surface area contributed by atoms with E-state index in [0.717, 1.165) is 56.8 Å². The second-order valence-corrected chi connectivity index (χ2v) is 10.4. The van der Waals surface area contributed by atoms with E-state index in [2.05, 4.69) is 11.0 Å². The average molecular weight is 487 g/mol. The van der Waals surface area contributed by atoms with Gasteiger partial charge in [0.05, 0.1) is 17.6 Å². The van der Waals surface area contributed by atoms with Gasteiger partial charge in [0.15, 0.2) is 0 Å². The van der Waals surface area contributed by atoms with Crippen LogP contribution in [0.2, 0.25) is 0 Å². The lowest BCUT2D eigenvalue weighted by molar-refractivity contribution is -0.123. The van der Waals surface area contributed by atoms with Crippen LogP contribution in [0.5, 0.6) is 0 Å². The molecule has 0 bridgehead atoms. The Balaban J connectivity index is 1.79. The summed E-state index contributed by atoms with van der Waals surface area (Å²) in [6.07, 6.45) is 8.24. The molecule has 0 aromatic carbocycles. The molecule has 7 nitrogen and oxygen atoms in total. The van der Waals surface area contributed by atoms with Crippen LogP contribution >= 0.6 is 24.0 Å². The topological polar surface area (TPSA) is 78.6 Å². The molecule has 1 aromatic heterocycles. The van der Waals surface area contributed by atoms with Gasteiger partial charge < -0.3 is 9.64 Å². The molecule has 1 atom stereocenters. The number of pyridine rings is 1. The molecule has 0 N–H and O–H groups in total. The number of nitrogens with zero attached hydrogens (tertiary/aromatic N) is 4. The van der Waals surface area contributed by atoms with Gasteiger partial charge in [-0.05, 0) is 51.2 Å². The number of carbonyl (C=O) groups is 1. The molecule has 0 saturated carbocycles. The van der Waals surface area contributed by atoms with Gasteiger partial charge >= 0.3 is 0 Å². The number of rotatable bonds is 5. The second kappa shape index (κ2) is 10.4. The number of anilines is 1. The van der Waals surface area contributed by atoms with Crippen LogP contribution in [0, 0.1) is 18.3 Å². The minimum absolute atomic E-state index is 0.0217. The van der Waals surface area contributed by atoms with E-state index in [1.807, 2.05) is 13.0 Å². The molecule has 176 valence electrons. The number of nitriles is 1. The van der Waals surface area contributed by atoms with Crippen LogP contribution in [-0.2, 0) is 16.1 Å². The van der Waals surface area contributed by atoms with Crippen molar-refractivity contribution in [2.24, 2.45) is 0 Å². The Labute approximate surface area is 204 Å². The molecule has 3 saturated heterocycles. The highest BCUT2D eigenvalue weighted by Gasteiger charge is 2.35. The van der Waals surface area contributed by atoms with Crippen molar-refractivity contribution in [2.75, 3.05) is 31.1 Å². The van der Waals surface area contributed by atoms with Gasteiger partial charge in [0.1, 0.15) is 21.8 Å². The quantitative estimate of drug-likeness (QED) is 0.463. The van der Waals surface area contributed by atoms with E-state index in [4.69, 9.17) is 17.0 Å². The van der Waals surface area contributed by atoms with Crippen LogP contribution in [0.4, 0.5) is 5.82 Å². The first-order valence-electron chi connectivity index (χ1n) is 11.8. The van der Waals surface area contributed by atoms with E-state index < -0.39 is 0 Å². The zero-order chi connectivity index (χ0) is 23.5. The summed E-state index contributed by atoms with van der Waals surface area (Å²) in [5.41, 5.74) is 1.26. The van der Waals surface area contributed by atoms with E-state index in [9.17, 15) is 14.9 Å². The Hall–Kier alpha value is -2.15. The highest BCUT2D eigenvalue weighted by Crippen LogP contribution is 2.37. The maximum atomic E-state index is 13.3. The van der Waals surface area contributed by atoms with Crippen molar-refractivity contribution in [1.29, 1.82) is 5.26 Å². The van der Waals surface area contributed by atoms with Gasteiger partial charge in [-0.3, -0.25) is 19.1 Å².